The predicted octanol–water partition coefficient (Wildman–Crippen LogP) is 3.63. The Labute approximate surface area is 153 Å². The molecule has 3 heterocycles. The lowest BCUT2D eigenvalue weighted by Crippen LogP contribution is -2.23. The van der Waals surface area contributed by atoms with E-state index in [-0.39, 0.29) is 11.9 Å². The van der Waals surface area contributed by atoms with E-state index in [2.05, 4.69) is 15.4 Å². The van der Waals surface area contributed by atoms with E-state index >= 15 is 0 Å². The van der Waals surface area contributed by atoms with Crippen LogP contribution in [-0.4, -0.2) is 20.5 Å². The highest BCUT2D eigenvalue weighted by molar-refractivity contribution is 5.83. The van der Waals surface area contributed by atoms with Gasteiger partial charge in [-0.15, -0.1) is 5.48 Å². The number of hydrogen-bond donors (Lipinski definition) is 2. The molecule has 0 saturated carbocycles. The molecule has 6 nitrogen and oxygen atoms in total. The van der Waals surface area contributed by atoms with E-state index in [4.69, 9.17) is 4.84 Å². The van der Waals surface area contributed by atoms with Crippen LogP contribution in [0.15, 0.2) is 54.7 Å². The summed E-state index contributed by atoms with van der Waals surface area (Å²) in [4.78, 5) is 24.1. The Kier molecular flexibility index (Phi) is 3.38. The van der Waals surface area contributed by atoms with Crippen molar-refractivity contribution in [2.75, 3.05) is 0 Å². The number of nitrogens with one attached hydrogen (secondary N) is 2. The van der Waals surface area contributed by atoms with Gasteiger partial charge in [0, 0.05) is 29.9 Å². The fraction of sp³-hybridized carbons (Fsp3) is 0.100. The number of hydroxylamine groups is 1. The van der Waals surface area contributed by atoms with Gasteiger partial charge in [0.2, 0.25) is 0 Å². The lowest BCUT2D eigenvalue weighted by Gasteiger charge is -2.13. The second-order valence-corrected chi connectivity index (χ2v) is 6.44. The Hall–Kier alpha value is -3.45. The van der Waals surface area contributed by atoms with Crippen LogP contribution in [0, 0.1) is 5.82 Å². The second kappa shape index (κ2) is 5.78. The monoisotopic (exact) mass is 362 g/mol. The molecule has 1 atom stereocenters. The third kappa shape index (κ3) is 2.43. The molecule has 0 saturated heterocycles. The maximum atomic E-state index is 13.5. The minimum atomic E-state index is -0.406. The standard InChI is InChI=1S/C20H15FN4O2/c1-11(26)27-24-18-13-4-2-5-14(19(13)25-9-3-6-17(18)25)20-22-15-8-7-12(21)10-16(15)23-20/h2-10,18,24H,1H3,(H,22,23). The van der Waals surface area contributed by atoms with Crippen molar-refractivity contribution in [2.45, 2.75) is 13.0 Å². The fourth-order valence-electron chi connectivity index (χ4n) is 3.62. The average molecular weight is 362 g/mol. The SMILES string of the molecule is CC(=O)ONC1c2cccc(-c3nc4ccc(F)cc4[nH]3)c2-n2cccc21. The molecule has 0 spiro atoms. The zero-order chi connectivity index (χ0) is 18.5. The summed E-state index contributed by atoms with van der Waals surface area (Å²) in [5.74, 6) is -0.0633. The van der Waals surface area contributed by atoms with E-state index in [0.717, 1.165) is 22.5 Å². The Morgan fingerprint density at radius 3 is 3.00 bits per heavy atom. The van der Waals surface area contributed by atoms with Crippen LogP contribution in [0.1, 0.15) is 24.2 Å². The molecule has 27 heavy (non-hydrogen) atoms. The zero-order valence-electron chi connectivity index (χ0n) is 14.4. The highest BCUT2D eigenvalue weighted by atomic mass is 19.1. The first-order chi connectivity index (χ1) is 13.1. The largest absolute Gasteiger partial charge is 0.370 e. The molecule has 0 fully saturated rings. The molecule has 1 unspecified atom stereocenters. The number of fused-ring (bicyclic) bond motifs is 4. The van der Waals surface area contributed by atoms with Gasteiger partial charge >= 0.3 is 5.97 Å². The van der Waals surface area contributed by atoms with Crippen molar-refractivity contribution in [3.8, 4) is 17.1 Å². The Morgan fingerprint density at radius 1 is 1.26 bits per heavy atom. The minimum Gasteiger partial charge on any atom is -0.370 e. The summed E-state index contributed by atoms with van der Waals surface area (Å²) >= 11 is 0. The van der Waals surface area contributed by atoms with E-state index in [1.54, 1.807) is 6.07 Å². The molecule has 2 N–H and O–H groups in total. The van der Waals surface area contributed by atoms with Crippen LogP contribution >= 0.6 is 0 Å². The van der Waals surface area contributed by atoms with E-state index in [1.807, 2.05) is 41.1 Å². The van der Waals surface area contributed by atoms with Gasteiger partial charge in [-0.1, -0.05) is 12.1 Å². The number of carbonyl (C=O) groups is 1. The maximum Gasteiger partial charge on any atom is 0.321 e. The highest BCUT2D eigenvalue weighted by Gasteiger charge is 2.32. The number of aromatic amines is 1. The average Bonchev–Trinajstić information content (AvgIpc) is 3.33. The van der Waals surface area contributed by atoms with Gasteiger partial charge in [-0.25, -0.2) is 9.37 Å². The Morgan fingerprint density at radius 2 is 2.15 bits per heavy atom. The van der Waals surface area contributed by atoms with E-state index in [0.29, 0.717) is 16.9 Å². The zero-order valence-corrected chi connectivity index (χ0v) is 14.4. The second-order valence-electron chi connectivity index (χ2n) is 6.44. The van der Waals surface area contributed by atoms with Crippen molar-refractivity contribution >= 4 is 17.0 Å². The van der Waals surface area contributed by atoms with Crippen molar-refractivity contribution in [1.82, 2.24) is 20.0 Å². The molecule has 7 heteroatoms. The molecule has 4 aromatic rings. The molecule has 1 aliphatic heterocycles. The molecule has 2 aromatic carbocycles. The number of imidazole rings is 1. The molecule has 0 aliphatic carbocycles. The van der Waals surface area contributed by atoms with Gasteiger partial charge in [0.1, 0.15) is 17.7 Å². The lowest BCUT2D eigenvalue weighted by atomic mass is 10.0. The quantitative estimate of drug-likeness (QED) is 0.546. The number of nitrogens with zero attached hydrogens (tertiary/aromatic N) is 2. The predicted molar refractivity (Wildman–Crippen MR) is 97.6 cm³/mol. The molecule has 2 aromatic heterocycles. The number of rotatable bonds is 3. The highest BCUT2D eigenvalue weighted by Crippen LogP contribution is 2.41. The first kappa shape index (κ1) is 15.8. The summed E-state index contributed by atoms with van der Waals surface area (Å²) < 4.78 is 15.6. The van der Waals surface area contributed by atoms with Crippen molar-refractivity contribution in [3.63, 3.8) is 0 Å². The van der Waals surface area contributed by atoms with Gasteiger partial charge in [0.05, 0.1) is 16.7 Å². The summed E-state index contributed by atoms with van der Waals surface area (Å²) in [6.45, 7) is 1.35. The minimum absolute atomic E-state index is 0.277. The van der Waals surface area contributed by atoms with Crippen LogP contribution < -0.4 is 5.48 Å². The van der Waals surface area contributed by atoms with Gasteiger partial charge < -0.3 is 14.4 Å². The summed E-state index contributed by atoms with van der Waals surface area (Å²) in [5.41, 5.74) is 7.94. The van der Waals surface area contributed by atoms with Crippen molar-refractivity contribution < 1.29 is 14.0 Å². The summed E-state index contributed by atoms with van der Waals surface area (Å²) in [5, 5.41) is 0. The third-order valence-electron chi connectivity index (χ3n) is 4.71. The number of benzene rings is 2. The van der Waals surface area contributed by atoms with Crippen molar-refractivity contribution in [2.24, 2.45) is 0 Å². The molecule has 134 valence electrons. The van der Waals surface area contributed by atoms with Crippen molar-refractivity contribution in [1.29, 1.82) is 0 Å². The molecular formula is C20H15FN4O2. The molecule has 0 radical (unpaired) electrons. The van der Waals surface area contributed by atoms with Gasteiger partial charge in [-0.3, -0.25) is 4.79 Å². The number of carbonyl (C=O) groups excluding carboxylic acids is 1. The molecular weight excluding hydrogens is 347 g/mol. The number of para-hydroxylation sites is 1. The summed E-state index contributed by atoms with van der Waals surface area (Å²) in [6.07, 6.45) is 1.95. The molecule has 5 rings (SSSR count). The first-order valence-corrected chi connectivity index (χ1v) is 8.51. The maximum absolute atomic E-state index is 13.5. The van der Waals surface area contributed by atoms with Crippen LogP contribution in [0.5, 0.6) is 0 Å². The van der Waals surface area contributed by atoms with Gasteiger partial charge in [0.15, 0.2) is 0 Å². The molecule has 0 amide bonds. The smallest absolute Gasteiger partial charge is 0.321 e. The van der Waals surface area contributed by atoms with E-state index in [1.165, 1.54) is 19.1 Å². The Bertz CT molecular complexity index is 1190. The summed E-state index contributed by atoms with van der Waals surface area (Å²) in [6, 6.07) is 14.0. The molecule has 1 aliphatic rings. The van der Waals surface area contributed by atoms with Gasteiger partial charge in [-0.2, -0.15) is 0 Å². The normalized spacial score (nSPS) is 15.0. The number of hydrogen-bond acceptors (Lipinski definition) is 4. The van der Waals surface area contributed by atoms with Crippen LogP contribution in [-0.2, 0) is 9.63 Å². The van der Waals surface area contributed by atoms with Gasteiger partial charge in [-0.05, 0) is 36.4 Å². The number of halogens is 1. The van der Waals surface area contributed by atoms with Crippen molar-refractivity contribution in [3.05, 3.63) is 71.8 Å². The Balaban J connectivity index is 1.67. The van der Waals surface area contributed by atoms with Crippen LogP contribution in [0.3, 0.4) is 0 Å². The van der Waals surface area contributed by atoms with E-state index in [9.17, 15) is 9.18 Å². The van der Waals surface area contributed by atoms with Gasteiger partial charge in [0.25, 0.3) is 0 Å². The number of aromatic nitrogens is 3. The fourth-order valence-corrected chi connectivity index (χ4v) is 3.62. The van der Waals surface area contributed by atoms with Crippen LogP contribution in [0.2, 0.25) is 0 Å². The van der Waals surface area contributed by atoms with Crippen LogP contribution in [0.4, 0.5) is 4.39 Å². The first-order valence-electron chi connectivity index (χ1n) is 8.51. The third-order valence-corrected chi connectivity index (χ3v) is 4.71. The summed E-state index contributed by atoms with van der Waals surface area (Å²) in [7, 11) is 0. The lowest BCUT2D eigenvalue weighted by molar-refractivity contribution is -0.149. The van der Waals surface area contributed by atoms with E-state index < -0.39 is 5.97 Å². The topological polar surface area (TPSA) is 71.9 Å². The van der Waals surface area contributed by atoms with Crippen LogP contribution in [0.25, 0.3) is 28.1 Å². The molecule has 0 bridgehead atoms. The number of H-pyrrole nitrogens is 1.